The zero-order chi connectivity index (χ0) is 13.9. The standard InChI is InChI=1S/C15H20N2O2/c1-3-15(19,4-2)10-17-14(18)12-6-5-7-13-11(12)8-9-16-13/h5-9,16,19H,3-4,10H2,1-2H3,(H,17,18). The molecule has 0 aliphatic carbocycles. The minimum atomic E-state index is -0.818. The van der Waals surface area contributed by atoms with E-state index in [1.54, 1.807) is 6.07 Å². The van der Waals surface area contributed by atoms with E-state index < -0.39 is 5.60 Å². The molecular weight excluding hydrogens is 240 g/mol. The lowest BCUT2D eigenvalue weighted by atomic mass is 9.97. The van der Waals surface area contributed by atoms with Crippen LogP contribution in [0.2, 0.25) is 0 Å². The quantitative estimate of drug-likeness (QED) is 0.773. The van der Waals surface area contributed by atoms with Crippen molar-refractivity contribution in [2.75, 3.05) is 6.54 Å². The molecule has 1 aromatic heterocycles. The molecule has 0 atom stereocenters. The Morgan fingerprint density at radius 3 is 2.74 bits per heavy atom. The molecule has 0 saturated carbocycles. The summed E-state index contributed by atoms with van der Waals surface area (Å²) in [5.41, 5.74) is 0.754. The van der Waals surface area contributed by atoms with Crippen LogP contribution in [0.15, 0.2) is 30.5 Å². The number of hydrogen-bond donors (Lipinski definition) is 3. The van der Waals surface area contributed by atoms with Crippen molar-refractivity contribution in [2.45, 2.75) is 32.3 Å². The lowest BCUT2D eigenvalue weighted by Crippen LogP contribution is -2.42. The van der Waals surface area contributed by atoms with Crippen molar-refractivity contribution < 1.29 is 9.90 Å². The second-order valence-corrected chi connectivity index (χ2v) is 4.86. The second kappa shape index (κ2) is 5.45. The van der Waals surface area contributed by atoms with E-state index in [0.29, 0.717) is 18.4 Å². The number of carbonyl (C=O) groups is 1. The predicted molar refractivity (Wildman–Crippen MR) is 76.2 cm³/mol. The number of amides is 1. The normalized spacial score (nSPS) is 11.7. The molecule has 0 bridgehead atoms. The Bertz CT molecular complexity index is 570. The Balaban J connectivity index is 2.14. The highest BCUT2D eigenvalue weighted by Gasteiger charge is 2.23. The molecule has 2 rings (SSSR count). The first kappa shape index (κ1) is 13.6. The molecule has 3 N–H and O–H groups in total. The number of hydrogen-bond acceptors (Lipinski definition) is 2. The summed E-state index contributed by atoms with van der Waals surface area (Å²) in [6.45, 7) is 4.12. The van der Waals surface area contributed by atoms with Gasteiger partial charge in [0, 0.05) is 29.2 Å². The average molecular weight is 260 g/mol. The van der Waals surface area contributed by atoms with Crippen LogP contribution in [-0.4, -0.2) is 28.1 Å². The van der Waals surface area contributed by atoms with Crippen molar-refractivity contribution in [3.05, 3.63) is 36.0 Å². The summed E-state index contributed by atoms with van der Waals surface area (Å²) in [7, 11) is 0. The molecule has 4 nitrogen and oxygen atoms in total. The van der Waals surface area contributed by atoms with Gasteiger partial charge in [0.05, 0.1) is 5.60 Å². The minimum absolute atomic E-state index is 0.148. The van der Waals surface area contributed by atoms with Crippen molar-refractivity contribution in [2.24, 2.45) is 0 Å². The van der Waals surface area contributed by atoms with Gasteiger partial charge >= 0.3 is 0 Å². The van der Waals surface area contributed by atoms with Gasteiger partial charge in [0.2, 0.25) is 0 Å². The molecule has 2 aromatic rings. The predicted octanol–water partition coefficient (Wildman–Crippen LogP) is 2.45. The first-order valence-electron chi connectivity index (χ1n) is 6.66. The minimum Gasteiger partial charge on any atom is -0.388 e. The Morgan fingerprint density at radius 2 is 2.05 bits per heavy atom. The fourth-order valence-corrected chi connectivity index (χ4v) is 2.12. The van der Waals surface area contributed by atoms with Gasteiger partial charge in [0.15, 0.2) is 0 Å². The second-order valence-electron chi connectivity index (χ2n) is 4.86. The first-order valence-corrected chi connectivity index (χ1v) is 6.66. The van der Waals surface area contributed by atoms with E-state index in [9.17, 15) is 9.90 Å². The molecule has 0 spiro atoms. The smallest absolute Gasteiger partial charge is 0.252 e. The molecule has 0 fully saturated rings. The number of H-pyrrole nitrogens is 1. The van der Waals surface area contributed by atoms with E-state index >= 15 is 0 Å². The molecular formula is C15H20N2O2. The van der Waals surface area contributed by atoms with Gasteiger partial charge < -0.3 is 15.4 Å². The third kappa shape index (κ3) is 2.79. The van der Waals surface area contributed by atoms with Crippen LogP contribution < -0.4 is 5.32 Å². The fraction of sp³-hybridized carbons (Fsp3) is 0.400. The number of benzene rings is 1. The third-order valence-corrected chi connectivity index (χ3v) is 3.73. The SMILES string of the molecule is CCC(O)(CC)CNC(=O)c1cccc2[nH]ccc12. The van der Waals surface area contributed by atoms with Crippen LogP contribution in [0.4, 0.5) is 0 Å². The van der Waals surface area contributed by atoms with Crippen LogP contribution in [0.5, 0.6) is 0 Å². The van der Waals surface area contributed by atoms with Gasteiger partial charge in [-0.15, -0.1) is 0 Å². The topological polar surface area (TPSA) is 65.1 Å². The van der Waals surface area contributed by atoms with Crippen LogP contribution in [0.3, 0.4) is 0 Å². The zero-order valence-electron chi connectivity index (χ0n) is 11.4. The van der Waals surface area contributed by atoms with Crippen LogP contribution in [0.1, 0.15) is 37.0 Å². The summed E-state index contributed by atoms with van der Waals surface area (Å²) in [5.74, 6) is -0.148. The molecule has 0 aliphatic rings. The number of aromatic amines is 1. The molecule has 19 heavy (non-hydrogen) atoms. The van der Waals surface area contributed by atoms with Crippen LogP contribution >= 0.6 is 0 Å². The van der Waals surface area contributed by atoms with Crippen molar-refractivity contribution >= 4 is 16.8 Å². The number of rotatable bonds is 5. The molecule has 0 saturated heterocycles. The third-order valence-electron chi connectivity index (χ3n) is 3.73. The van der Waals surface area contributed by atoms with E-state index in [1.165, 1.54) is 0 Å². The van der Waals surface area contributed by atoms with Gasteiger partial charge in [-0.3, -0.25) is 4.79 Å². The van der Waals surface area contributed by atoms with Crippen molar-refractivity contribution in [3.63, 3.8) is 0 Å². The number of aromatic nitrogens is 1. The van der Waals surface area contributed by atoms with Gasteiger partial charge in [-0.1, -0.05) is 19.9 Å². The van der Waals surface area contributed by atoms with Crippen LogP contribution in [0.25, 0.3) is 10.9 Å². The molecule has 4 heteroatoms. The molecule has 0 aliphatic heterocycles. The summed E-state index contributed by atoms with van der Waals surface area (Å²) in [6, 6.07) is 7.46. The van der Waals surface area contributed by atoms with Crippen molar-refractivity contribution in [3.8, 4) is 0 Å². The summed E-state index contributed by atoms with van der Waals surface area (Å²) >= 11 is 0. The molecule has 102 valence electrons. The average Bonchev–Trinajstić information content (AvgIpc) is 2.92. The van der Waals surface area contributed by atoms with Crippen molar-refractivity contribution in [1.29, 1.82) is 0 Å². The summed E-state index contributed by atoms with van der Waals surface area (Å²) < 4.78 is 0. The monoisotopic (exact) mass is 260 g/mol. The maximum absolute atomic E-state index is 12.2. The van der Waals surface area contributed by atoms with Gasteiger partial charge in [0.1, 0.15) is 0 Å². The van der Waals surface area contributed by atoms with Gasteiger partial charge in [-0.2, -0.15) is 0 Å². The van der Waals surface area contributed by atoms with E-state index in [2.05, 4.69) is 10.3 Å². The van der Waals surface area contributed by atoms with Crippen molar-refractivity contribution in [1.82, 2.24) is 10.3 Å². The highest BCUT2D eigenvalue weighted by molar-refractivity contribution is 6.06. The van der Waals surface area contributed by atoms with E-state index in [1.807, 2.05) is 38.2 Å². The van der Waals surface area contributed by atoms with Gasteiger partial charge in [-0.25, -0.2) is 0 Å². The van der Waals surface area contributed by atoms with Crippen LogP contribution in [0, 0.1) is 0 Å². The number of fused-ring (bicyclic) bond motifs is 1. The largest absolute Gasteiger partial charge is 0.388 e. The first-order chi connectivity index (χ1) is 9.09. The van der Waals surface area contributed by atoms with E-state index in [0.717, 1.165) is 10.9 Å². The number of carbonyl (C=O) groups excluding carboxylic acids is 1. The maximum Gasteiger partial charge on any atom is 0.252 e. The Kier molecular flexibility index (Phi) is 3.90. The Hall–Kier alpha value is -1.81. The lowest BCUT2D eigenvalue weighted by molar-refractivity contribution is 0.0314. The van der Waals surface area contributed by atoms with Gasteiger partial charge in [-0.05, 0) is 31.0 Å². The van der Waals surface area contributed by atoms with E-state index in [-0.39, 0.29) is 12.5 Å². The zero-order valence-corrected chi connectivity index (χ0v) is 11.4. The Morgan fingerprint density at radius 1 is 1.32 bits per heavy atom. The fourth-order valence-electron chi connectivity index (χ4n) is 2.12. The summed E-state index contributed by atoms with van der Waals surface area (Å²) in [5, 5.41) is 13.9. The van der Waals surface area contributed by atoms with Crippen LogP contribution in [-0.2, 0) is 0 Å². The molecule has 1 heterocycles. The van der Waals surface area contributed by atoms with Gasteiger partial charge in [0.25, 0.3) is 5.91 Å². The summed E-state index contributed by atoms with van der Waals surface area (Å²) in [4.78, 5) is 15.3. The highest BCUT2D eigenvalue weighted by Crippen LogP contribution is 2.18. The lowest BCUT2D eigenvalue weighted by Gasteiger charge is -2.25. The highest BCUT2D eigenvalue weighted by atomic mass is 16.3. The molecule has 1 aromatic carbocycles. The number of aliphatic hydroxyl groups is 1. The molecule has 0 radical (unpaired) electrons. The Labute approximate surface area is 112 Å². The number of nitrogens with one attached hydrogen (secondary N) is 2. The van der Waals surface area contributed by atoms with E-state index in [4.69, 9.17) is 0 Å². The molecule has 0 unspecified atom stereocenters. The maximum atomic E-state index is 12.2. The molecule has 1 amide bonds. The summed E-state index contributed by atoms with van der Waals surface area (Å²) in [6.07, 6.45) is 3.06.